The van der Waals surface area contributed by atoms with Gasteiger partial charge < -0.3 is 20.0 Å². The van der Waals surface area contributed by atoms with Gasteiger partial charge in [-0.05, 0) is 19.2 Å². The summed E-state index contributed by atoms with van der Waals surface area (Å²) in [5.41, 5.74) is 0.919. The highest BCUT2D eigenvalue weighted by Crippen LogP contribution is 2.16. The Labute approximate surface area is 126 Å². The fraction of sp³-hybridized carbons (Fsp3) is 0.467. The second-order valence-corrected chi connectivity index (χ2v) is 5.35. The molecule has 1 aliphatic heterocycles. The van der Waals surface area contributed by atoms with Crippen molar-refractivity contribution in [1.82, 2.24) is 14.8 Å². The molecule has 0 unspecified atom stereocenters. The molecular weight excluding hydrogens is 264 g/mol. The fourth-order valence-electron chi connectivity index (χ4n) is 2.16. The van der Waals surface area contributed by atoms with Crippen molar-refractivity contribution in [3.05, 3.63) is 31.1 Å². The summed E-state index contributed by atoms with van der Waals surface area (Å²) in [6, 6.07) is 4.08. The second kappa shape index (κ2) is 7.08. The van der Waals surface area contributed by atoms with Crippen molar-refractivity contribution in [2.24, 2.45) is 4.99 Å². The van der Waals surface area contributed by atoms with Crippen LogP contribution >= 0.6 is 0 Å². The Morgan fingerprint density at radius 3 is 2.57 bits per heavy atom. The van der Waals surface area contributed by atoms with E-state index >= 15 is 0 Å². The van der Waals surface area contributed by atoms with E-state index in [0.29, 0.717) is 0 Å². The Morgan fingerprint density at radius 2 is 2.05 bits per heavy atom. The van der Waals surface area contributed by atoms with Gasteiger partial charge in [0.05, 0.1) is 11.9 Å². The number of hydrogen-bond donors (Lipinski definition) is 1. The maximum Gasteiger partial charge on any atom is 0.202 e. The van der Waals surface area contributed by atoms with Gasteiger partial charge in [-0.25, -0.2) is 9.98 Å². The molecule has 0 saturated carbocycles. The highest BCUT2D eigenvalue weighted by molar-refractivity contribution is 5.93. The summed E-state index contributed by atoms with van der Waals surface area (Å²) in [6.07, 6.45) is 3.37. The largest absolute Gasteiger partial charge is 0.354 e. The molecule has 1 aromatic rings. The molecule has 1 saturated heterocycles. The highest BCUT2D eigenvalue weighted by atomic mass is 15.3. The number of rotatable bonds is 3. The summed E-state index contributed by atoms with van der Waals surface area (Å²) in [7, 11) is 6.02. The molecule has 0 bridgehead atoms. The molecule has 0 aromatic carbocycles. The summed E-state index contributed by atoms with van der Waals surface area (Å²) in [5.74, 6) is 1.76. The quantitative estimate of drug-likeness (QED) is 0.671. The summed E-state index contributed by atoms with van der Waals surface area (Å²) >= 11 is 0. The molecule has 1 N–H and O–H groups in total. The first-order chi connectivity index (χ1) is 10.1. The van der Waals surface area contributed by atoms with Crippen molar-refractivity contribution in [1.29, 1.82) is 0 Å². The van der Waals surface area contributed by atoms with Crippen molar-refractivity contribution in [3.8, 4) is 0 Å². The Bertz CT molecular complexity index is 485. The molecule has 2 rings (SSSR count). The minimum Gasteiger partial charge on any atom is -0.354 e. The summed E-state index contributed by atoms with van der Waals surface area (Å²) in [5, 5.41) is 3.23. The monoisotopic (exact) mass is 288 g/mol. The zero-order chi connectivity index (χ0) is 15.2. The lowest BCUT2D eigenvalue weighted by molar-refractivity contribution is 0.312. The Kier molecular flexibility index (Phi) is 5.16. The molecule has 0 aliphatic carbocycles. The lowest BCUT2D eigenvalue weighted by Crippen LogP contribution is -2.44. The van der Waals surface area contributed by atoms with Gasteiger partial charge in [-0.3, -0.25) is 0 Å². The van der Waals surface area contributed by atoms with E-state index in [4.69, 9.17) is 0 Å². The summed E-state index contributed by atoms with van der Waals surface area (Å²) < 4.78 is 0. The van der Waals surface area contributed by atoms with Crippen LogP contribution in [0.2, 0.25) is 0 Å². The molecule has 1 aromatic heterocycles. The predicted octanol–water partition coefficient (Wildman–Crippen LogP) is 1.31. The van der Waals surface area contributed by atoms with Crippen LogP contribution in [0, 0.1) is 0 Å². The van der Waals surface area contributed by atoms with Gasteiger partial charge in [0.25, 0.3) is 0 Å². The lowest BCUT2D eigenvalue weighted by atomic mass is 10.3. The van der Waals surface area contributed by atoms with E-state index in [1.807, 2.05) is 31.3 Å². The molecule has 1 aliphatic rings. The van der Waals surface area contributed by atoms with Crippen LogP contribution in [-0.4, -0.2) is 68.1 Å². The van der Waals surface area contributed by atoms with E-state index in [2.05, 4.69) is 44.8 Å². The van der Waals surface area contributed by atoms with Crippen molar-refractivity contribution in [3.63, 3.8) is 0 Å². The van der Waals surface area contributed by atoms with Gasteiger partial charge in [0.15, 0.2) is 0 Å². The van der Waals surface area contributed by atoms with Crippen LogP contribution in [0.5, 0.6) is 0 Å². The van der Waals surface area contributed by atoms with Gasteiger partial charge in [-0.1, -0.05) is 6.58 Å². The Morgan fingerprint density at radius 1 is 1.33 bits per heavy atom. The van der Waals surface area contributed by atoms with Gasteiger partial charge in [0, 0.05) is 46.5 Å². The number of piperazine rings is 1. The number of likely N-dealkylation sites (N-methyl/N-ethyl adjacent to an activating group) is 1. The number of nitrogens with one attached hydrogen (secondary N) is 1. The van der Waals surface area contributed by atoms with Crippen LogP contribution in [0.25, 0.3) is 0 Å². The van der Waals surface area contributed by atoms with Gasteiger partial charge in [0.2, 0.25) is 5.96 Å². The molecule has 6 nitrogen and oxygen atoms in total. The zero-order valence-electron chi connectivity index (χ0n) is 13.1. The minimum atomic E-state index is 0.735. The third kappa shape index (κ3) is 4.19. The standard InChI is InChI=1S/C15H24N6/c1-5-16-15(19(2)3)18-13-6-7-14(17-12-13)21-10-8-20(4)9-11-21/h5-7,12H,1,8-11H2,2-4H3,(H,16,18). The molecule has 21 heavy (non-hydrogen) atoms. The van der Waals surface area contributed by atoms with E-state index in [1.54, 1.807) is 0 Å². The van der Waals surface area contributed by atoms with E-state index in [1.165, 1.54) is 6.20 Å². The average molecular weight is 288 g/mol. The second-order valence-electron chi connectivity index (χ2n) is 5.35. The SMILES string of the molecule is C=C/N=C(/Nc1ccc(N2CCN(C)CC2)nc1)N(C)C. The molecule has 2 heterocycles. The Hall–Kier alpha value is -2.08. The zero-order valence-corrected chi connectivity index (χ0v) is 13.1. The molecule has 6 heteroatoms. The van der Waals surface area contributed by atoms with Crippen LogP contribution in [-0.2, 0) is 0 Å². The van der Waals surface area contributed by atoms with E-state index in [0.717, 1.165) is 43.6 Å². The average Bonchev–Trinajstić information content (AvgIpc) is 2.48. The topological polar surface area (TPSA) is 47.0 Å². The van der Waals surface area contributed by atoms with Gasteiger partial charge in [-0.15, -0.1) is 0 Å². The third-order valence-electron chi connectivity index (χ3n) is 3.47. The number of aromatic nitrogens is 1. The highest BCUT2D eigenvalue weighted by Gasteiger charge is 2.15. The van der Waals surface area contributed by atoms with Crippen molar-refractivity contribution in [2.45, 2.75) is 0 Å². The van der Waals surface area contributed by atoms with Gasteiger partial charge in [-0.2, -0.15) is 0 Å². The Balaban J connectivity index is 2.01. The maximum absolute atomic E-state index is 4.55. The number of guanidine groups is 1. The first kappa shape index (κ1) is 15.3. The number of nitrogens with zero attached hydrogens (tertiary/aromatic N) is 5. The fourth-order valence-corrected chi connectivity index (χ4v) is 2.16. The first-order valence-electron chi connectivity index (χ1n) is 7.12. The number of anilines is 2. The summed E-state index contributed by atoms with van der Waals surface area (Å²) in [6.45, 7) is 7.84. The normalized spacial score (nSPS) is 16.7. The van der Waals surface area contributed by atoms with Crippen molar-refractivity contribution >= 4 is 17.5 Å². The molecule has 1 fully saturated rings. The maximum atomic E-state index is 4.55. The summed E-state index contributed by atoms with van der Waals surface area (Å²) in [4.78, 5) is 15.3. The third-order valence-corrected chi connectivity index (χ3v) is 3.47. The number of hydrogen-bond acceptors (Lipinski definition) is 4. The smallest absolute Gasteiger partial charge is 0.202 e. The van der Waals surface area contributed by atoms with Crippen LogP contribution in [0.3, 0.4) is 0 Å². The lowest BCUT2D eigenvalue weighted by Gasteiger charge is -2.33. The predicted molar refractivity (Wildman–Crippen MR) is 88.9 cm³/mol. The first-order valence-corrected chi connectivity index (χ1v) is 7.12. The van der Waals surface area contributed by atoms with E-state index < -0.39 is 0 Å². The molecule has 0 spiro atoms. The van der Waals surface area contributed by atoms with Crippen LogP contribution in [0.15, 0.2) is 36.1 Å². The minimum absolute atomic E-state index is 0.735. The van der Waals surface area contributed by atoms with Gasteiger partial charge in [0.1, 0.15) is 5.82 Å². The van der Waals surface area contributed by atoms with Crippen LogP contribution in [0.4, 0.5) is 11.5 Å². The molecular formula is C15H24N6. The molecule has 0 amide bonds. The van der Waals surface area contributed by atoms with E-state index in [9.17, 15) is 0 Å². The molecule has 0 atom stereocenters. The number of pyridine rings is 1. The van der Waals surface area contributed by atoms with Crippen LogP contribution < -0.4 is 10.2 Å². The molecule has 114 valence electrons. The number of aliphatic imine (C=N–C) groups is 1. The van der Waals surface area contributed by atoms with Crippen LogP contribution in [0.1, 0.15) is 0 Å². The van der Waals surface area contributed by atoms with Crippen molar-refractivity contribution in [2.75, 3.05) is 57.5 Å². The van der Waals surface area contributed by atoms with Gasteiger partial charge >= 0.3 is 0 Å². The molecule has 0 radical (unpaired) electrons. The van der Waals surface area contributed by atoms with E-state index in [-0.39, 0.29) is 0 Å². The van der Waals surface area contributed by atoms with Crippen molar-refractivity contribution < 1.29 is 0 Å².